The standard InChI is InChI=1S/C11H19Br.C5H10.Fe/c12-10-6-2-1-3-7-11-8-4-5-9-11;1-2-4-5-3-1;/h8H,1-7,9-10H2;1-5H2;. The minimum Gasteiger partial charge on any atom is -0.0928 e. The van der Waals surface area contributed by atoms with Crippen LogP contribution in [0.25, 0.3) is 0 Å². The molecule has 0 heterocycles. The predicted octanol–water partition coefficient (Wildman–Crippen LogP) is 6.24. The summed E-state index contributed by atoms with van der Waals surface area (Å²) in [6.45, 7) is 0. The van der Waals surface area contributed by atoms with Gasteiger partial charge < -0.3 is 0 Å². The van der Waals surface area contributed by atoms with Crippen LogP contribution in [0.2, 0.25) is 0 Å². The second-order valence-electron chi connectivity index (χ2n) is 5.38. The third-order valence-corrected chi connectivity index (χ3v) is 4.33. The molecular formula is C16H29BrFe. The zero-order valence-electron chi connectivity index (χ0n) is 11.7. The van der Waals surface area contributed by atoms with Crippen LogP contribution in [-0.2, 0) is 17.1 Å². The van der Waals surface area contributed by atoms with Crippen molar-refractivity contribution in [3.63, 3.8) is 0 Å². The summed E-state index contributed by atoms with van der Waals surface area (Å²) in [6.07, 6.45) is 21.1. The fourth-order valence-corrected chi connectivity index (χ4v) is 3.04. The van der Waals surface area contributed by atoms with Gasteiger partial charge in [-0.3, -0.25) is 0 Å². The minimum absolute atomic E-state index is 0. The first-order chi connectivity index (χ1) is 8.43. The zero-order valence-corrected chi connectivity index (χ0v) is 14.4. The molecular weight excluding hydrogens is 328 g/mol. The van der Waals surface area contributed by atoms with E-state index >= 15 is 0 Å². The van der Waals surface area contributed by atoms with Crippen LogP contribution >= 0.6 is 15.9 Å². The number of halogens is 1. The van der Waals surface area contributed by atoms with E-state index in [0.717, 1.165) is 0 Å². The van der Waals surface area contributed by atoms with Crippen molar-refractivity contribution in [2.24, 2.45) is 0 Å². The summed E-state index contributed by atoms with van der Waals surface area (Å²) in [5.74, 6) is 1.73. The summed E-state index contributed by atoms with van der Waals surface area (Å²) in [7, 11) is 0. The molecule has 0 aromatic carbocycles. The first-order valence-corrected chi connectivity index (χ1v) is 8.79. The molecule has 2 aliphatic carbocycles. The Bertz CT molecular complexity index is 144. The van der Waals surface area contributed by atoms with E-state index in [-0.39, 0.29) is 17.1 Å². The van der Waals surface area contributed by atoms with E-state index in [2.05, 4.69) is 22.4 Å². The molecule has 2 radical (unpaired) electrons. The monoisotopic (exact) mass is 356 g/mol. The van der Waals surface area contributed by atoms with Gasteiger partial charge in [-0.15, -0.1) is 0 Å². The molecule has 0 atom stereocenters. The van der Waals surface area contributed by atoms with E-state index in [0.29, 0.717) is 0 Å². The Morgan fingerprint density at radius 3 is 1.94 bits per heavy atom. The summed E-state index contributed by atoms with van der Waals surface area (Å²) >= 11 is 3.46. The molecule has 2 fully saturated rings. The van der Waals surface area contributed by atoms with Gasteiger partial charge in [0.05, 0.1) is 0 Å². The molecule has 2 saturated carbocycles. The molecule has 0 saturated heterocycles. The molecule has 0 aliphatic heterocycles. The molecule has 0 aromatic rings. The summed E-state index contributed by atoms with van der Waals surface area (Å²) in [5.41, 5.74) is 0. The van der Waals surface area contributed by atoms with Gasteiger partial charge in [-0.25, -0.2) is 0 Å². The molecule has 2 heteroatoms. The van der Waals surface area contributed by atoms with Gasteiger partial charge in [0.15, 0.2) is 0 Å². The Morgan fingerprint density at radius 1 is 0.833 bits per heavy atom. The van der Waals surface area contributed by atoms with Gasteiger partial charge in [-0.05, 0) is 38.0 Å². The van der Waals surface area contributed by atoms with Crippen molar-refractivity contribution in [1.82, 2.24) is 0 Å². The Morgan fingerprint density at radius 2 is 1.44 bits per heavy atom. The molecule has 0 nitrogen and oxygen atoms in total. The average molecular weight is 357 g/mol. The quantitative estimate of drug-likeness (QED) is 0.300. The fraction of sp³-hybridized carbons (Fsp3) is 0.875. The third kappa shape index (κ3) is 10.9. The molecule has 0 amide bonds. The maximum Gasteiger partial charge on any atom is 0.00313 e. The average Bonchev–Trinajstić information content (AvgIpc) is 3.05. The topological polar surface area (TPSA) is 0 Å². The van der Waals surface area contributed by atoms with E-state index in [1.165, 1.54) is 88.8 Å². The second kappa shape index (κ2) is 14.4. The van der Waals surface area contributed by atoms with Crippen LogP contribution in [-0.4, -0.2) is 5.33 Å². The number of alkyl halides is 1. The molecule has 2 rings (SSSR count). The second-order valence-corrected chi connectivity index (χ2v) is 6.17. The van der Waals surface area contributed by atoms with Gasteiger partial charge in [0.1, 0.15) is 0 Å². The molecule has 2 aliphatic rings. The number of rotatable bonds is 6. The van der Waals surface area contributed by atoms with Crippen molar-refractivity contribution in [2.75, 3.05) is 5.33 Å². The number of hydrogen-bond acceptors (Lipinski definition) is 0. The van der Waals surface area contributed by atoms with E-state index in [1.54, 1.807) is 5.92 Å². The Balaban J connectivity index is 0.000000405. The molecule has 0 N–H and O–H groups in total. The van der Waals surface area contributed by atoms with Gasteiger partial charge in [0, 0.05) is 22.4 Å². The van der Waals surface area contributed by atoms with E-state index in [1.807, 2.05) is 0 Å². The van der Waals surface area contributed by atoms with Crippen LogP contribution in [0, 0.1) is 12.3 Å². The van der Waals surface area contributed by atoms with E-state index in [9.17, 15) is 0 Å². The Kier molecular flexibility index (Phi) is 15.2. The summed E-state index contributed by atoms with van der Waals surface area (Å²) in [6, 6.07) is 0. The van der Waals surface area contributed by atoms with Crippen molar-refractivity contribution in [3.05, 3.63) is 12.3 Å². The van der Waals surface area contributed by atoms with Crippen molar-refractivity contribution in [2.45, 2.75) is 83.5 Å². The van der Waals surface area contributed by atoms with Crippen LogP contribution < -0.4 is 0 Å². The third-order valence-electron chi connectivity index (χ3n) is 3.77. The van der Waals surface area contributed by atoms with Gasteiger partial charge >= 0.3 is 0 Å². The van der Waals surface area contributed by atoms with Crippen molar-refractivity contribution >= 4 is 15.9 Å². The van der Waals surface area contributed by atoms with Crippen LogP contribution in [0.15, 0.2) is 0 Å². The first-order valence-electron chi connectivity index (χ1n) is 7.67. The van der Waals surface area contributed by atoms with Crippen molar-refractivity contribution in [1.29, 1.82) is 0 Å². The molecule has 18 heavy (non-hydrogen) atoms. The molecule has 0 aromatic heterocycles. The van der Waals surface area contributed by atoms with Crippen molar-refractivity contribution < 1.29 is 17.1 Å². The summed E-state index contributed by atoms with van der Waals surface area (Å²) in [5, 5.41) is 1.18. The molecule has 0 unspecified atom stereocenters. The van der Waals surface area contributed by atoms with Crippen LogP contribution in [0.5, 0.6) is 0 Å². The number of unbranched alkanes of at least 4 members (excludes halogenated alkanes) is 3. The summed E-state index contributed by atoms with van der Waals surface area (Å²) < 4.78 is 0. The smallest absolute Gasteiger partial charge is 0.00313 e. The van der Waals surface area contributed by atoms with Gasteiger partial charge in [-0.1, -0.05) is 73.7 Å². The Labute approximate surface area is 134 Å². The largest absolute Gasteiger partial charge is 0.0928 e. The van der Waals surface area contributed by atoms with Gasteiger partial charge in [-0.2, -0.15) is 0 Å². The van der Waals surface area contributed by atoms with Crippen molar-refractivity contribution in [3.8, 4) is 0 Å². The van der Waals surface area contributed by atoms with E-state index < -0.39 is 0 Å². The summed E-state index contributed by atoms with van der Waals surface area (Å²) in [4.78, 5) is 0. The predicted molar refractivity (Wildman–Crippen MR) is 81.4 cm³/mol. The van der Waals surface area contributed by atoms with Gasteiger partial charge in [0.25, 0.3) is 0 Å². The maximum atomic E-state index is 3.46. The molecule has 0 spiro atoms. The molecule has 108 valence electrons. The SMILES string of the molecule is BrCCCCCC[C]1[CH]CCC1.C1CCCC1.[Fe]. The fourth-order valence-electron chi connectivity index (χ4n) is 2.65. The van der Waals surface area contributed by atoms with E-state index in [4.69, 9.17) is 0 Å². The van der Waals surface area contributed by atoms with Gasteiger partial charge in [0.2, 0.25) is 0 Å². The Hall–Kier alpha value is 0.999. The normalized spacial score (nSPS) is 19.2. The first kappa shape index (κ1) is 19.0. The zero-order chi connectivity index (χ0) is 12.2. The molecule has 0 bridgehead atoms. The maximum absolute atomic E-state index is 3.46. The van der Waals surface area contributed by atoms with Crippen LogP contribution in [0.3, 0.4) is 0 Å². The number of hydrogen-bond donors (Lipinski definition) is 0. The van der Waals surface area contributed by atoms with Crippen LogP contribution in [0.1, 0.15) is 83.5 Å². The van der Waals surface area contributed by atoms with Crippen LogP contribution in [0.4, 0.5) is 0 Å². The minimum atomic E-state index is 0.